The third-order valence-electron chi connectivity index (χ3n) is 4.75. The molecule has 2 N–H and O–H groups in total. The average Bonchev–Trinajstić information content (AvgIpc) is 3.39. The highest BCUT2D eigenvalue weighted by atomic mass is 35.5. The van der Waals surface area contributed by atoms with Gasteiger partial charge in [-0.05, 0) is 30.3 Å². The van der Waals surface area contributed by atoms with Crippen molar-refractivity contribution in [3.8, 4) is 0 Å². The first-order valence-corrected chi connectivity index (χ1v) is 11.1. The van der Waals surface area contributed by atoms with Crippen LogP contribution in [0, 0.1) is 0 Å². The summed E-state index contributed by atoms with van der Waals surface area (Å²) in [4.78, 5) is 31.4. The molecule has 33 heavy (non-hydrogen) atoms. The molecular weight excluding hydrogens is 462 g/mol. The van der Waals surface area contributed by atoms with Gasteiger partial charge < -0.3 is 14.8 Å². The number of rotatable bonds is 7. The highest BCUT2D eigenvalue weighted by molar-refractivity contribution is 7.12. The zero-order chi connectivity index (χ0) is 23.5. The molecule has 0 saturated carbocycles. The number of fused-ring (bicyclic) bond motifs is 1. The van der Waals surface area contributed by atoms with Crippen LogP contribution in [-0.4, -0.2) is 45.7 Å². The Morgan fingerprint density at radius 2 is 2.09 bits per heavy atom. The fourth-order valence-corrected chi connectivity index (χ4v) is 4.16. The molecule has 0 atom stereocenters. The molecule has 0 bridgehead atoms. The number of anilines is 3. The number of halogens is 1. The molecule has 2 amide bonds. The van der Waals surface area contributed by atoms with Crippen molar-refractivity contribution < 1.29 is 9.59 Å². The number of nitrogens with one attached hydrogen (secondary N) is 2. The predicted octanol–water partition coefficient (Wildman–Crippen LogP) is 4.03. The SMILES string of the molecule is C=CC(=O)Nc1csc(C(=O)Nc2nc3cccc(Cl)c3n2Cc2cc(N(C)C)cnn2)c1. The molecule has 3 heterocycles. The molecular formula is C22H20ClN7O2S. The van der Waals surface area contributed by atoms with Crippen molar-refractivity contribution in [1.82, 2.24) is 19.7 Å². The van der Waals surface area contributed by atoms with Crippen LogP contribution in [-0.2, 0) is 11.3 Å². The van der Waals surface area contributed by atoms with Crippen LogP contribution in [0.4, 0.5) is 17.3 Å². The van der Waals surface area contributed by atoms with Crippen molar-refractivity contribution in [3.63, 3.8) is 0 Å². The summed E-state index contributed by atoms with van der Waals surface area (Å²) in [6, 6.07) is 8.89. The van der Waals surface area contributed by atoms with Crippen LogP contribution < -0.4 is 15.5 Å². The number of imidazole rings is 1. The lowest BCUT2D eigenvalue weighted by Crippen LogP contribution is -2.16. The van der Waals surface area contributed by atoms with Crippen molar-refractivity contribution in [3.05, 3.63) is 70.2 Å². The third-order valence-corrected chi connectivity index (χ3v) is 5.98. The van der Waals surface area contributed by atoms with Gasteiger partial charge in [-0.2, -0.15) is 10.2 Å². The van der Waals surface area contributed by atoms with E-state index in [1.807, 2.05) is 31.1 Å². The Labute approximate surface area is 198 Å². The summed E-state index contributed by atoms with van der Waals surface area (Å²) in [7, 11) is 3.84. The maximum atomic E-state index is 12.9. The first-order valence-electron chi connectivity index (χ1n) is 9.82. The van der Waals surface area contributed by atoms with Gasteiger partial charge in [0.25, 0.3) is 5.91 Å². The number of amides is 2. The topological polar surface area (TPSA) is 105 Å². The monoisotopic (exact) mass is 481 g/mol. The van der Waals surface area contributed by atoms with E-state index < -0.39 is 0 Å². The largest absolute Gasteiger partial charge is 0.376 e. The number of para-hydroxylation sites is 1. The lowest BCUT2D eigenvalue weighted by molar-refractivity contribution is -0.111. The van der Waals surface area contributed by atoms with E-state index in [1.54, 1.807) is 34.3 Å². The molecule has 3 aromatic heterocycles. The first-order chi connectivity index (χ1) is 15.9. The van der Waals surface area contributed by atoms with Crippen LogP contribution in [0.3, 0.4) is 0 Å². The summed E-state index contributed by atoms with van der Waals surface area (Å²) in [6.45, 7) is 3.72. The number of carbonyl (C=O) groups is 2. The van der Waals surface area contributed by atoms with E-state index in [-0.39, 0.29) is 11.8 Å². The van der Waals surface area contributed by atoms with Gasteiger partial charge in [0.1, 0.15) is 0 Å². The van der Waals surface area contributed by atoms with E-state index in [0.29, 0.717) is 44.8 Å². The van der Waals surface area contributed by atoms with E-state index in [1.165, 1.54) is 11.3 Å². The molecule has 168 valence electrons. The van der Waals surface area contributed by atoms with Crippen LogP contribution in [0.25, 0.3) is 11.0 Å². The molecule has 0 fully saturated rings. The molecule has 1 aromatic carbocycles. The maximum absolute atomic E-state index is 12.9. The molecule has 0 unspecified atom stereocenters. The second kappa shape index (κ2) is 9.39. The summed E-state index contributed by atoms with van der Waals surface area (Å²) in [5.41, 5.74) is 3.41. The van der Waals surface area contributed by atoms with Gasteiger partial charge in [-0.25, -0.2) is 4.98 Å². The lowest BCUT2D eigenvalue weighted by Gasteiger charge is -2.14. The first kappa shape index (κ1) is 22.4. The van der Waals surface area contributed by atoms with Crippen molar-refractivity contribution in [2.45, 2.75) is 6.54 Å². The van der Waals surface area contributed by atoms with Crippen molar-refractivity contribution in [2.24, 2.45) is 0 Å². The summed E-state index contributed by atoms with van der Waals surface area (Å²) < 4.78 is 1.80. The number of hydrogen-bond acceptors (Lipinski definition) is 7. The van der Waals surface area contributed by atoms with E-state index in [2.05, 4.69) is 32.4 Å². The van der Waals surface area contributed by atoms with E-state index >= 15 is 0 Å². The number of aromatic nitrogens is 4. The van der Waals surface area contributed by atoms with Gasteiger partial charge in [-0.3, -0.25) is 14.9 Å². The Kier molecular flexibility index (Phi) is 6.38. The van der Waals surface area contributed by atoms with Crippen molar-refractivity contribution in [1.29, 1.82) is 0 Å². The van der Waals surface area contributed by atoms with Crippen LogP contribution in [0.15, 0.2) is 54.6 Å². The average molecular weight is 482 g/mol. The van der Waals surface area contributed by atoms with Crippen molar-refractivity contribution in [2.75, 3.05) is 29.6 Å². The zero-order valence-electron chi connectivity index (χ0n) is 17.9. The van der Waals surface area contributed by atoms with E-state index in [9.17, 15) is 9.59 Å². The smallest absolute Gasteiger partial charge is 0.268 e. The van der Waals surface area contributed by atoms with E-state index in [0.717, 1.165) is 11.8 Å². The van der Waals surface area contributed by atoms with Gasteiger partial charge in [0.05, 0.1) is 50.7 Å². The maximum Gasteiger partial charge on any atom is 0.268 e. The van der Waals surface area contributed by atoms with Gasteiger partial charge in [0.15, 0.2) is 0 Å². The minimum atomic E-state index is -0.361. The molecule has 4 rings (SSSR count). The molecule has 0 radical (unpaired) electrons. The summed E-state index contributed by atoms with van der Waals surface area (Å²) >= 11 is 7.68. The minimum absolute atomic E-state index is 0.301. The Bertz CT molecular complexity index is 1360. The van der Waals surface area contributed by atoms with Crippen LogP contribution in [0.5, 0.6) is 0 Å². The molecule has 0 aliphatic rings. The van der Waals surface area contributed by atoms with Crippen LogP contribution >= 0.6 is 22.9 Å². The standard InChI is InChI=1S/C22H20ClN7O2S/c1-4-19(31)25-14-9-18(33-12-14)21(32)27-22-26-17-7-5-6-16(23)20(17)30(22)11-13-8-15(29(2)3)10-24-28-13/h4-10,12H,1,11H2,2-3H3,(H,25,31)(H,26,27,32). The van der Waals surface area contributed by atoms with Gasteiger partial charge in [0.2, 0.25) is 11.9 Å². The molecule has 0 aliphatic carbocycles. The second-order valence-electron chi connectivity index (χ2n) is 7.28. The van der Waals surface area contributed by atoms with Gasteiger partial charge in [-0.1, -0.05) is 24.2 Å². The normalized spacial score (nSPS) is 10.8. The number of thiophene rings is 1. The summed E-state index contributed by atoms with van der Waals surface area (Å²) in [5, 5.41) is 16.0. The quantitative estimate of drug-likeness (QED) is 0.386. The Hall–Kier alpha value is -3.76. The lowest BCUT2D eigenvalue weighted by atomic mass is 10.3. The molecule has 0 aliphatic heterocycles. The Balaban J connectivity index is 1.67. The molecule has 4 aromatic rings. The minimum Gasteiger partial charge on any atom is -0.376 e. The van der Waals surface area contributed by atoms with Crippen LogP contribution in [0.1, 0.15) is 15.4 Å². The highest BCUT2D eigenvalue weighted by Gasteiger charge is 2.19. The second-order valence-corrected chi connectivity index (χ2v) is 8.59. The Morgan fingerprint density at radius 3 is 2.85 bits per heavy atom. The molecule has 0 saturated heterocycles. The fourth-order valence-electron chi connectivity index (χ4n) is 3.15. The zero-order valence-corrected chi connectivity index (χ0v) is 19.4. The summed E-state index contributed by atoms with van der Waals surface area (Å²) in [5.74, 6) is -0.387. The number of benzene rings is 1. The van der Waals surface area contributed by atoms with E-state index in [4.69, 9.17) is 11.6 Å². The fraction of sp³-hybridized carbons (Fsp3) is 0.136. The highest BCUT2D eigenvalue weighted by Crippen LogP contribution is 2.29. The number of hydrogen-bond donors (Lipinski definition) is 2. The van der Waals surface area contributed by atoms with Gasteiger partial charge in [-0.15, -0.1) is 11.3 Å². The third kappa shape index (κ3) is 4.86. The van der Waals surface area contributed by atoms with Gasteiger partial charge >= 0.3 is 0 Å². The summed E-state index contributed by atoms with van der Waals surface area (Å²) in [6.07, 6.45) is 2.84. The molecule has 9 nitrogen and oxygen atoms in total. The van der Waals surface area contributed by atoms with Crippen molar-refractivity contribution >= 4 is 63.1 Å². The Morgan fingerprint density at radius 1 is 1.27 bits per heavy atom. The predicted molar refractivity (Wildman–Crippen MR) is 131 cm³/mol. The number of carbonyl (C=O) groups excluding carboxylic acids is 2. The molecule has 0 spiro atoms. The number of nitrogens with zero attached hydrogens (tertiary/aromatic N) is 5. The van der Waals surface area contributed by atoms with Crippen LogP contribution in [0.2, 0.25) is 5.02 Å². The molecule has 11 heteroatoms. The van der Waals surface area contributed by atoms with Gasteiger partial charge in [0, 0.05) is 19.5 Å².